The Bertz CT molecular complexity index is 1480. The molecule has 0 aromatic heterocycles. The van der Waals surface area contributed by atoms with E-state index in [0.717, 1.165) is 16.7 Å². The zero-order valence-electron chi connectivity index (χ0n) is 24.1. The predicted octanol–water partition coefficient (Wildman–Crippen LogP) is 4.63. The Balaban J connectivity index is 1.63. The molecule has 3 aromatic rings. The highest BCUT2D eigenvalue weighted by molar-refractivity contribution is 6.01. The molecule has 43 heavy (non-hydrogen) atoms. The summed E-state index contributed by atoms with van der Waals surface area (Å²) in [6.07, 6.45) is -0.0258. The van der Waals surface area contributed by atoms with E-state index >= 15 is 0 Å². The lowest BCUT2D eigenvalue weighted by Gasteiger charge is -2.37. The molecule has 0 aliphatic carbocycles. The number of morpholine rings is 1. The number of amides is 1. The van der Waals surface area contributed by atoms with Crippen molar-refractivity contribution >= 4 is 11.8 Å². The van der Waals surface area contributed by atoms with Crippen molar-refractivity contribution in [1.29, 1.82) is 0 Å². The number of nitrogens with zero attached hydrogens (tertiary/aromatic N) is 5. The quantitative estimate of drug-likeness (QED) is 0.142. The summed E-state index contributed by atoms with van der Waals surface area (Å²) in [5.74, 6) is 1.46. The van der Waals surface area contributed by atoms with Crippen molar-refractivity contribution < 1.29 is 28.8 Å². The van der Waals surface area contributed by atoms with Crippen LogP contribution in [0.2, 0.25) is 0 Å². The van der Waals surface area contributed by atoms with Crippen LogP contribution in [0.25, 0.3) is 10.4 Å². The van der Waals surface area contributed by atoms with E-state index < -0.39 is 11.6 Å². The summed E-state index contributed by atoms with van der Waals surface area (Å²) in [5.41, 5.74) is 10.7. The fraction of sp³-hybridized carbons (Fsp3) is 0.375. The van der Waals surface area contributed by atoms with Gasteiger partial charge in [0.2, 0.25) is 5.90 Å². The zero-order valence-corrected chi connectivity index (χ0v) is 24.1. The minimum atomic E-state index is -1.37. The molecule has 3 aromatic carbocycles. The van der Waals surface area contributed by atoms with E-state index in [4.69, 9.17) is 34.6 Å². The largest absolute Gasteiger partial charge is 0.497 e. The van der Waals surface area contributed by atoms with Gasteiger partial charge in [0.1, 0.15) is 11.5 Å². The van der Waals surface area contributed by atoms with Crippen LogP contribution in [-0.4, -0.2) is 74.0 Å². The molecular weight excluding hydrogens is 550 g/mol. The van der Waals surface area contributed by atoms with E-state index in [1.54, 1.807) is 12.0 Å². The summed E-state index contributed by atoms with van der Waals surface area (Å²) in [6.45, 7) is 2.36. The number of rotatable bonds is 12. The standard InChI is InChI=1S/C32H35N5O6/c1-40-28-9-4-8-24(20-28)29-32(31(39)37-14-18-41-19-15-37,21-25-6-2-3-7-26(25)22-34-36-33)35-30(43-29)23-10-12-27(13-11-23)42-17-5-16-38/h2-4,6-13,20,29,38H,5,14-19,21-22H2,1H3/t29-,32-/m1/s1. The lowest BCUT2D eigenvalue weighted by Crippen LogP contribution is -2.54. The number of hydrogen-bond donors (Lipinski definition) is 1. The van der Waals surface area contributed by atoms with E-state index in [1.165, 1.54) is 0 Å². The summed E-state index contributed by atoms with van der Waals surface area (Å²) in [5, 5.41) is 12.8. The van der Waals surface area contributed by atoms with Gasteiger partial charge >= 0.3 is 0 Å². The molecule has 2 heterocycles. The van der Waals surface area contributed by atoms with Gasteiger partial charge in [-0.15, -0.1) is 0 Å². The van der Waals surface area contributed by atoms with Crippen LogP contribution in [0.15, 0.2) is 82.9 Å². The van der Waals surface area contributed by atoms with Crippen LogP contribution in [0, 0.1) is 0 Å². The third kappa shape index (κ3) is 6.75. The maximum atomic E-state index is 14.7. The van der Waals surface area contributed by atoms with Crippen molar-refractivity contribution in [2.24, 2.45) is 10.1 Å². The lowest BCUT2D eigenvalue weighted by molar-refractivity contribution is -0.143. The topological polar surface area (TPSA) is 139 Å². The van der Waals surface area contributed by atoms with Crippen LogP contribution in [-0.2, 0) is 27.2 Å². The Morgan fingerprint density at radius 1 is 1.09 bits per heavy atom. The van der Waals surface area contributed by atoms with Crippen LogP contribution in [0.5, 0.6) is 11.5 Å². The minimum absolute atomic E-state index is 0.0552. The lowest BCUT2D eigenvalue weighted by atomic mass is 9.80. The molecular formula is C32H35N5O6. The average molecular weight is 586 g/mol. The number of aliphatic hydroxyl groups is 1. The monoisotopic (exact) mass is 585 g/mol. The van der Waals surface area contributed by atoms with E-state index in [2.05, 4.69) is 10.0 Å². The summed E-state index contributed by atoms with van der Waals surface area (Å²) < 4.78 is 23.4. The molecule has 0 spiro atoms. The van der Waals surface area contributed by atoms with Crippen LogP contribution >= 0.6 is 0 Å². The first-order valence-corrected chi connectivity index (χ1v) is 14.3. The van der Waals surface area contributed by atoms with Crippen molar-refractivity contribution in [3.63, 3.8) is 0 Å². The number of aliphatic hydroxyl groups excluding tert-OH is 1. The van der Waals surface area contributed by atoms with Gasteiger partial charge in [0.05, 0.1) is 33.5 Å². The predicted molar refractivity (Wildman–Crippen MR) is 160 cm³/mol. The van der Waals surface area contributed by atoms with Gasteiger partial charge in [0, 0.05) is 43.0 Å². The Kier molecular flexibility index (Phi) is 9.78. The van der Waals surface area contributed by atoms with E-state index in [9.17, 15) is 4.79 Å². The highest BCUT2D eigenvalue weighted by Crippen LogP contribution is 2.44. The molecule has 11 nitrogen and oxygen atoms in total. The van der Waals surface area contributed by atoms with Crippen LogP contribution in [0.3, 0.4) is 0 Å². The van der Waals surface area contributed by atoms with Crippen LogP contribution in [0.4, 0.5) is 0 Å². The zero-order chi connectivity index (χ0) is 30.1. The third-order valence-electron chi connectivity index (χ3n) is 7.58. The van der Waals surface area contributed by atoms with Gasteiger partial charge < -0.3 is 29.0 Å². The van der Waals surface area contributed by atoms with Gasteiger partial charge in [0.15, 0.2) is 11.6 Å². The van der Waals surface area contributed by atoms with E-state index in [-0.39, 0.29) is 25.5 Å². The highest BCUT2D eigenvalue weighted by Gasteiger charge is 2.55. The summed E-state index contributed by atoms with van der Waals surface area (Å²) in [7, 11) is 1.60. The van der Waals surface area contributed by atoms with Crippen molar-refractivity contribution in [2.45, 2.75) is 31.0 Å². The second-order valence-electron chi connectivity index (χ2n) is 10.3. The van der Waals surface area contributed by atoms with Gasteiger partial charge in [0.25, 0.3) is 5.91 Å². The smallest absolute Gasteiger partial charge is 0.255 e. The van der Waals surface area contributed by atoms with Gasteiger partial charge in [-0.25, -0.2) is 4.99 Å². The molecule has 2 atom stereocenters. The Morgan fingerprint density at radius 3 is 2.58 bits per heavy atom. The van der Waals surface area contributed by atoms with Crippen LogP contribution < -0.4 is 9.47 Å². The summed E-state index contributed by atoms with van der Waals surface area (Å²) >= 11 is 0. The summed E-state index contributed by atoms with van der Waals surface area (Å²) in [4.78, 5) is 24.6. The molecule has 0 bridgehead atoms. The third-order valence-corrected chi connectivity index (χ3v) is 7.58. The second-order valence-corrected chi connectivity index (χ2v) is 10.3. The molecule has 0 unspecified atom stereocenters. The number of hydrogen-bond acceptors (Lipinski definition) is 8. The molecule has 224 valence electrons. The summed E-state index contributed by atoms with van der Waals surface area (Å²) in [6, 6.07) is 22.4. The highest BCUT2D eigenvalue weighted by atomic mass is 16.5. The maximum absolute atomic E-state index is 14.7. The maximum Gasteiger partial charge on any atom is 0.255 e. The van der Waals surface area contributed by atoms with E-state index in [0.29, 0.717) is 62.3 Å². The van der Waals surface area contributed by atoms with Crippen LogP contribution in [0.1, 0.15) is 34.8 Å². The molecule has 11 heteroatoms. The first-order valence-electron chi connectivity index (χ1n) is 14.3. The number of ether oxygens (including phenoxy) is 4. The number of aliphatic imine (C=N–C) groups is 1. The first-order chi connectivity index (χ1) is 21.1. The SMILES string of the molecule is COc1cccc([C@H]2OC(c3ccc(OCCCO)cc3)=N[C@@]2(Cc2ccccc2CN=[N+]=[N-])C(=O)N2CCOCC2)c1. The molecule has 1 amide bonds. The molecule has 0 radical (unpaired) electrons. The fourth-order valence-electron chi connectivity index (χ4n) is 5.39. The number of carbonyl (C=O) groups is 1. The van der Waals surface area contributed by atoms with Crippen molar-refractivity contribution in [3.8, 4) is 11.5 Å². The minimum Gasteiger partial charge on any atom is -0.497 e. The molecule has 1 fully saturated rings. The second kappa shape index (κ2) is 14.1. The molecule has 2 aliphatic heterocycles. The normalized spacial score (nSPS) is 19.6. The van der Waals surface area contributed by atoms with E-state index in [1.807, 2.05) is 72.8 Å². The van der Waals surface area contributed by atoms with Gasteiger partial charge in [-0.05, 0) is 58.6 Å². The Labute approximate surface area is 250 Å². The van der Waals surface area contributed by atoms with Gasteiger partial charge in [-0.2, -0.15) is 0 Å². The van der Waals surface area contributed by atoms with Crippen molar-refractivity contribution in [3.05, 3.63) is 105 Å². The van der Waals surface area contributed by atoms with Crippen molar-refractivity contribution in [2.75, 3.05) is 46.6 Å². The van der Waals surface area contributed by atoms with Gasteiger partial charge in [-0.1, -0.05) is 41.5 Å². The Morgan fingerprint density at radius 2 is 1.86 bits per heavy atom. The average Bonchev–Trinajstić information content (AvgIpc) is 3.45. The number of carbonyl (C=O) groups excluding carboxylic acids is 1. The Hall–Kier alpha value is -4.57. The molecule has 5 rings (SSSR count). The fourth-order valence-corrected chi connectivity index (χ4v) is 5.39. The molecule has 1 N–H and O–H groups in total. The first kappa shape index (κ1) is 29.9. The number of methoxy groups -OCH3 is 1. The molecule has 2 aliphatic rings. The molecule has 1 saturated heterocycles. The molecule has 0 saturated carbocycles. The van der Waals surface area contributed by atoms with Gasteiger partial charge in [-0.3, -0.25) is 4.79 Å². The number of benzene rings is 3. The number of azide groups is 1. The van der Waals surface area contributed by atoms with Crippen molar-refractivity contribution in [1.82, 2.24) is 4.90 Å².